The smallest absolute Gasteiger partial charge is 0.144 e. The number of hydrogen-bond donors (Lipinski definition) is 2. The van der Waals surface area contributed by atoms with Gasteiger partial charge in [-0.15, -0.1) is 6.42 Å². The van der Waals surface area contributed by atoms with Crippen LogP contribution in [0, 0.1) is 23.7 Å². The zero-order valence-electron chi connectivity index (χ0n) is 15.1. The highest BCUT2D eigenvalue weighted by atomic mass is 16.5. The van der Waals surface area contributed by atoms with Gasteiger partial charge in [0.25, 0.3) is 0 Å². The summed E-state index contributed by atoms with van der Waals surface area (Å²) >= 11 is 0. The van der Waals surface area contributed by atoms with Crippen LogP contribution < -0.4 is 15.8 Å². The Morgan fingerprint density at radius 3 is 2.96 bits per heavy atom. The number of pyridine rings is 1. The summed E-state index contributed by atoms with van der Waals surface area (Å²) in [6.07, 6.45) is 7.84. The predicted octanol–water partition coefficient (Wildman–Crippen LogP) is 3.58. The predicted molar refractivity (Wildman–Crippen MR) is 108 cm³/mol. The van der Waals surface area contributed by atoms with Crippen molar-refractivity contribution in [1.29, 1.82) is 5.26 Å². The molecular formula is C22H18N4O2. The maximum atomic E-state index is 9.54. The highest BCUT2D eigenvalue weighted by Gasteiger charge is 2.19. The van der Waals surface area contributed by atoms with E-state index in [0.717, 1.165) is 23.1 Å². The van der Waals surface area contributed by atoms with Gasteiger partial charge >= 0.3 is 0 Å². The van der Waals surface area contributed by atoms with E-state index >= 15 is 0 Å². The molecular weight excluding hydrogens is 352 g/mol. The number of anilines is 3. The number of hydrogen-bond acceptors (Lipinski definition) is 6. The van der Waals surface area contributed by atoms with Gasteiger partial charge in [0.15, 0.2) is 0 Å². The molecule has 1 fully saturated rings. The molecule has 1 unspecified atom stereocenters. The molecule has 2 heterocycles. The number of nitrogen functional groups attached to an aromatic ring is 1. The summed E-state index contributed by atoms with van der Waals surface area (Å²) in [5.74, 6) is 3.18. The second-order valence-corrected chi connectivity index (χ2v) is 6.52. The highest BCUT2D eigenvalue weighted by molar-refractivity contribution is 5.98. The minimum absolute atomic E-state index is 0.0118. The Morgan fingerprint density at radius 2 is 2.21 bits per heavy atom. The minimum atomic E-state index is -0.0118. The first-order chi connectivity index (χ1) is 13.7. The molecule has 0 saturated carbocycles. The van der Waals surface area contributed by atoms with Crippen molar-refractivity contribution in [2.75, 3.05) is 24.3 Å². The van der Waals surface area contributed by atoms with Crippen molar-refractivity contribution in [3.05, 3.63) is 53.7 Å². The van der Waals surface area contributed by atoms with Gasteiger partial charge in [0, 0.05) is 35.3 Å². The first-order valence-corrected chi connectivity index (χ1v) is 8.88. The number of ether oxygens (including phenoxy) is 2. The first-order valence-electron chi connectivity index (χ1n) is 8.88. The first kappa shape index (κ1) is 17.7. The van der Waals surface area contributed by atoms with Gasteiger partial charge in [0.1, 0.15) is 17.9 Å². The van der Waals surface area contributed by atoms with E-state index in [1.54, 1.807) is 12.1 Å². The van der Waals surface area contributed by atoms with Gasteiger partial charge in [-0.2, -0.15) is 5.26 Å². The zero-order chi connectivity index (χ0) is 19.5. The van der Waals surface area contributed by atoms with Crippen LogP contribution in [0.25, 0.3) is 10.9 Å². The number of terminal acetylenes is 1. The molecule has 1 saturated heterocycles. The van der Waals surface area contributed by atoms with Gasteiger partial charge in [0.2, 0.25) is 0 Å². The molecule has 6 heteroatoms. The minimum Gasteiger partial charge on any atom is -0.486 e. The van der Waals surface area contributed by atoms with Crippen molar-refractivity contribution in [3.8, 4) is 24.2 Å². The Balaban J connectivity index is 1.76. The third-order valence-corrected chi connectivity index (χ3v) is 4.60. The average Bonchev–Trinajstić information content (AvgIpc) is 3.22. The van der Waals surface area contributed by atoms with Gasteiger partial charge in [-0.3, -0.25) is 4.98 Å². The Bertz CT molecular complexity index is 1120. The summed E-state index contributed by atoms with van der Waals surface area (Å²) in [7, 11) is 0. The molecule has 138 valence electrons. The molecule has 0 amide bonds. The van der Waals surface area contributed by atoms with Crippen molar-refractivity contribution in [2.24, 2.45) is 0 Å². The summed E-state index contributed by atoms with van der Waals surface area (Å²) in [5, 5.41) is 13.6. The number of fused-ring (bicyclic) bond motifs is 1. The van der Waals surface area contributed by atoms with E-state index in [0.29, 0.717) is 41.4 Å². The zero-order valence-corrected chi connectivity index (χ0v) is 15.1. The van der Waals surface area contributed by atoms with E-state index < -0.39 is 0 Å². The number of nitriles is 1. The highest BCUT2D eigenvalue weighted by Crippen LogP contribution is 2.35. The number of aromatic nitrogens is 1. The Kier molecular flexibility index (Phi) is 4.72. The number of nitrogens with zero attached hydrogens (tertiary/aromatic N) is 2. The van der Waals surface area contributed by atoms with Crippen molar-refractivity contribution in [2.45, 2.75) is 12.5 Å². The number of benzene rings is 2. The molecule has 3 N–H and O–H groups in total. The van der Waals surface area contributed by atoms with Gasteiger partial charge in [-0.05, 0) is 24.3 Å². The summed E-state index contributed by atoms with van der Waals surface area (Å²) in [6.45, 7) is 1.24. The van der Waals surface area contributed by atoms with Crippen molar-refractivity contribution in [1.82, 2.24) is 4.98 Å². The molecule has 1 aliphatic rings. The molecule has 1 aliphatic heterocycles. The van der Waals surface area contributed by atoms with Crippen LogP contribution in [0.15, 0.2) is 42.6 Å². The molecule has 4 rings (SSSR count). The normalized spacial score (nSPS) is 15.7. The summed E-state index contributed by atoms with van der Waals surface area (Å²) < 4.78 is 11.3. The van der Waals surface area contributed by atoms with Gasteiger partial charge in [0.05, 0.1) is 35.7 Å². The molecule has 0 spiro atoms. The van der Waals surface area contributed by atoms with Crippen LogP contribution >= 0.6 is 0 Å². The van der Waals surface area contributed by atoms with E-state index in [9.17, 15) is 5.26 Å². The van der Waals surface area contributed by atoms with Gasteiger partial charge < -0.3 is 20.5 Å². The van der Waals surface area contributed by atoms with Crippen LogP contribution in [0.2, 0.25) is 0 Å². The van der Waals surface area contributed by atoms with E-state index in [2.05, 4.69) is 22.3 Å². The SMILES string of the molecule is C#Cc1cccc(Nc2c(C#N)cnc3cc(OC4CCOC4)c(N)cc23)c1. The monoisotopic (exact) mass is 370 g/mol. The third-order valence-electron chi connectivity index (χ3n) is 4.60. The maximum absolute atomic E-state index is 9.54. The van der Waals surface area contributed by atoms with Crippen molar-refractivity contribution >= 4 is 28.0 Å². The molecule has 28 heavy (non-hydrogen) atoms. The molecule has 0 aliphatic carbocycles. The van der Waals surface area contributed by atoms with Crippen LogP contribution in [0.3, 0.4) is 0 Å². The van der Waals surface area contributed by atoms with Crippen LogP contribution in [0.4, 0.5) is 17.1 Å². The molecule has 0 radical (unpaired) electrons. The average molecular weight is 370 g/mol. The number of nitrogens with two attached hydrogens (primary N) is 1. The molecule has 0 bridgehead atoms. The molecule has 1 atom stereocenters. The van der Waals surface area contributed by atoms with Crippen LogP contribution in [0.1, 0.15) is 17.5 Å². The molecule has 3 aromatic rings. The van der Waals surface area contributed by atoms with E-state index in [1.807, 2.05) is 24.3 Å². The van der Waals surface area contributed by atoms with Crippen molar-refractivity contribution < 1.29 is 9.47 Å². The number of rotatable bonds is 4. The fourth-order valence-corrected chi connectivity index (χ4v) is 3.17. The number of nitrogens with one attached hydrogen (secondary N) is 1. The quantitative estimate of drug-likeness (QED) is 0.539. The second kappa shape index (κ2) is 7.48. The fourth-order valence-electron chi connectivity index (χ4n) is 3.17. The summed E-state index contributed by atoms with van der Waals surface area (Å²) in [5.41, 5.74) is 9.96. The van der Waals surface area contributed by atoms with Crippen LogP contribution in [-0.4, -0.2) is 24.3 Å². The summed E-state index contributed by atoms with van der Waals surface area (Å²) in [4.78, 5) is 4.40. The second-order valence-electron chi connectivity index (χ2n) is 6.52. The van der Waals surface area contributed by atoms with E-state index in [-0.39, 0.29) is 6.10 Å². The van der Waals surface area contributed by atoms with Crippen LogP contribution in [-0.2, 0) is 4.74 Å². The van der Waals surface area contributed by atoms with Crippen LogP contribution in [0.5, 0.6) is 5.75 Å². The van der Waals surface area contributed by atoms with Crippen molar-refractivity contribution in [3.63, 3.8) is 0 Å². The van der Waals surface area contributed by atoms with E-state index in [1.165, 1.54) is 6.20 Å². The lowest BCUT2D eigenvalue weighted by molar-refractivity contribution is 0.142. The van der Waals surface area contributed by atoms with E-state index in [4.69, 9.17) is 21.6 Å². The Hall–Kier alpha value is -3.74. The lowest BCUT2D eigenvalue weighted by Crippen LogP contribution is -2.16. The lowest BCUT2D eigenvalue weighted by atomic mass is 10.1. The third kappa shape index (κ3) is 3.42. The Labute approximate surface area is 162 Å². The van der Waals surface area contributed by atoms with Gasteiger partial charge in [-0.1, -0.05) is 12.0 Å². The largest absolute Gasteiger partial charge is 0.486 e. The van der Waals surface area contributed by atoms with Gasteiger partial charge in [-0.25, -0.2) is 0 Å². The Morgan fingerprint density at radius 1 is 1.32 bits per heavy atom. The maximum Gasteiger partial charge on any atom is 0.144 e. The topological polar surface area (TPSA) is 93.2 Å². The molecule has 6 nitrogen and oxygen atoms in total. The molecule has 1 aromatic heterocycles. The lowest BCUT2D eigenvalue weighted by Gasteiger charge is -2.16. The summed E-state index contributed by atoms with van der Waals surface area (Å²) in [6, 6.07) is 13.2. The standard InChI is InChI=1S/C22H18N4O2/c1-2-14-4-3-5-16(8-14)26-22-15(11-23)12-25-20-10-21(19(24)9-18(20)22)28-17-6-7-27-13-17/h1,3-5,8-10,12,17H,6-7,13,24H2,(H,25,26). The molecule has 2 aromatic carbocycles. The fraction of sp³-hybridized carbons (Fsp3) is 0.182.